The number of hydrogen-bond donors (Lipinski definition) is 2. The standard InChI is InChI=1S/C16H20N2O2/c1-10(2)8-15(16(19)20)18-14-9-11(3)17-13-7-5-4-6-12(13)14/h4-7,9-10,15H,8H2,1-3H3,(H,17,18)(H,19,20). The van der Waals surface area contributed by atoms with Gasteiger partial charge in [-0.1, -0.05) is 32.0 Å². The van der Waals surface area contributed by atoms with Crippen LogP contribution < -0.4 is 5.32 Å². The van der Waals surface area contributed by atoms with Gasteiger partial charge in [0.1, 0.15) is 6.04 Å². The van der Waals surface area contributed by atoms with Gasteiger partial charge in [-0.3, -0.25) is 4.98 Å². The highest BCUT2D eigenvalue weighted by Gasteiger charge is 2.19. The number of pyridine rings is 1. The van der Waals surface area contributed by atoms with Crippen LogP contribution in [0.4, 0.5) is 5.69 Å². The van der Waals surface area contributed by atoms with Gasteiger partial charge in [-0.2, -0.15) is 0 Å². The number of anilines is 1. The zero-order valence-electron chi connectivity index (χ0n) is 12.1. The number of fused-ring (bicyclic) bond motifs is 1. The van der Waals surface area contributed by atoms with Crippen LogP contribution in [0.5, 0.6) is 0 Å². The van der Waals surface area contributed by atoms with Crippen LogP contribution in [0.15, 0.2) is 30.3 Å². The minimum Gasteiger partial charge on any atom is -0.480 e. The summed E-state index contributed by atoms with van der Waals surface area (Å²) in [4.78, 5) is 15.8. The average molecular weight is 272 g/mol. The van der Waals surface area contributed by atoms with Crippen LogP contribution in [0, 0.1) is 12.8 Å². The Kier molecular flexibility index (Phi) is 4.23. The fourth-order valence-corrected chi connectivity index (χ4v) is 2.31. The lowest BCUT2D eigenvalue weighted by Gasteiger charge is -2.19. The molecule has 0 radical (unpaired) electrons. The summed E-state index contributed by atoms with van der Waals surface area (Å²) in [5, 5.41) is 13.5. The number of carboxylic acid groups (broad SMARTS) is 1. The van der Waals surface area contributed by atoms with E-state index in [0.29, 0.717) is 12.3 Å². The molecule has 2 aromatic rings. The molecular formula is C16H20N2O2. The number of rotatable bonds is 5. The molecule has 0 spiro atoms. The smallest absolute Gasteiger partial charge is 0.326 e. The maximum absolute atomic E-state index is 11.4. The molecule has 1 heterocycles. The SMILES string of the molecule is Cc1cc(NC(CC(C)C)C(=O)O)c2ccccc2n1. The Hall–Kier alpha value is -2.10. The fraction of sp³-hybridized carbons (Fsp3) is 0.375. The summed E-state index contributed by atoms with van der Waals surface area (Å²) in [6, 6.07) is 9.08. The van der Waals surface area contributed by atoms with Crippen molar-refractivity contribution in [3.05, 3.63) is 36.0 Å². The summed E-state index contributed by atoms with van der Waals surface area (Å²) in [6.45, 7) is 5.96. The third-order valence-electron chi connectivity index (χ3n) is 3.18. The molecular weight excluding hydrogens is 252 g/mol. The Morgan fingerprint density at radius 2 is 2.05 bits per heavy atom. The number of nitrogens with zero attached hydrogens (tertiary/aromatic N) is 1. The number of para-hydroxylation sites is 1. The van der Waals surface area contributed by atoms with Gasteiger partial charge >= 0.3 is 5.97 Å². The predicted molar refractivity (Wildman–Crippen MR) is 81.0 cm³/mol. The fourth-order valence-electron chi connectivity index (χ4n) is 2.31. The van der Waals surface area contributed by atoms with Gasteiger partial charge in [-0.15, -0.1) is 0 Å². The first-order chi connectivity index (χ1) is 9.47. The zero-order valence-corrected chi connectivity index (χ0v) is 12.1. The molecule has 2 rings (SSSR count). The second kappa shape index (κ2) is 5.90. The van der Waals surface area contributed by atoms with Crippen molar-refractivity contribution >= 4 is 22.6 Å². The molecule has 2 N–H and O–H groups in total. The van der Waals surface area contributed by atoms with Crippen LogP contribution in [-0.4, -0.2) is 22.1 Å². The third kappa shape index (κ3) is 3.26. The molecule has 1 aromatic carbocycles. The van der Waals surface area contributed by atoms with E-state index in [4.69, 9.17) is 0 Å². The number of aromatic nitrogens is 1. The van der Waals surface area contributed by atoms with Crippen molar-refractivity contribution in [2.75, 3.05) is 5.32 Å². The lowest BCUT2D eigenvalue weighted by molar-refractivity contribution is -0.138. The highest BCUT2D eigenvalue weighted by Crippen LogP contribution is 2.24. The van der Waals surface area contributed by atoms with E-state index in [-0.39, 0.29) is 0 Å². The van der Waals surface area contributed by atoms with E-state index in [1.807, 2.05) is 51.1 Å². The molecule has 4 heteroatoms. The van der Waals surface area contributed by atoms with Gasteiger partial charge in [0.25, 0.3) is 0 Å². The maximum atomic E-state index is 11.4. The summed E-state index contributed by atoms with van der Waals surface area (Å²) in [5.41, 5.74) is 2.59. The lowest BCUT2D eigenvalue weighted by Crippen LogP contribution is -2.30. The zero-order chi connectivity index (χ0) is 14.7. The second-order valence-corrected chi connectivity index (χ2v) is 5.49. The van der Waals surface area contributed by atoms with Gasteiger partial charge in [-0.05, 0) is 31.4 Å². The Bertz CT molecular complexity index is 623. The van der Waals surface area contributed by atoms with E-state index < -0.39 is 12.0 Å². The van der Waals surface area contributed by atoms with Gasteiger partial charge in [0, 0.05) is 16.8 Å². The molecule has 0 fully saturated rings. The van der Waals surface area contributed by atoms with Crippen LogP contribution >= 0.6 is 0 Å². The average Bonchev–Trinajstić information content (AvgIpc) is 2.37. The first-order valence-electron chi connectivity index (χ1n) is 6.83. The second-order valence-electron chi connectivity index (χ2n) is 5.49. The molecule has 20 heavy (non-hydrogen) atoms. The summed E-state index contributed by atoms with van der Waals surface area (Å²) < 4.78 is 0. The molecule has 0 aliphatic carbocycles. The third-order valence-corrected chi connectivity index (χ3v) is 3.18. The van der Waals surface area contributed by atoms with E-state index in [2.05, 4.69) is 10.3 Å². The quantitative estimate of drug-likeness (QED) is 0.875. The van der Waals surface area contributed by atoms with E-state index in [1.54, 1.807) is 0 Å². The van der Waals surface area contributed by atoms with Crippen LogP contribution in [-0.2, 0) is 4.79 Å². The highest BCUT2D eigenvalue weighted by molar-refractivity contribution is 5.93. The number of nitrogens with one attached hydrogen (secondary N) is 1. The van der Waals surface area contributed by atoms with Crippen molar-refractivity contribution in [2.45, 2.75) is 33.2 Å². The largest absolute Gasteiger partial charge is 0.480 e. The van der Waals surface area contributed by atoms with E-state index in [0.717, 1.165) is 22.3 Å². The van der Waals surface area contributed by atoms with Crippen molar-refractivity contribution in [1.29, 1.82) is 0 Å². The molecule has 0 amide bonds. The number of aryl methyl sites for hydroxylation is 1. The predicted octanol–water partition coefficient (Wildman–Crippen LogP) is 3.45. The maximum Gasteiger partial charge on any atom is 0.326 e. The number of aliphatic carboxylic acids is 1. The van der Waals surface area contributed by atoms with Gasteiger partial charge in [0.2, 0.25) is 0 Å². The van der Waals surface area contributed by atoms with Gasteiger partial charge in [-0.25, -0.2) is 4.79 Å². The summed E-state index contributed by atoms with van der Waals surface area (Å²) in [7, 11) is 0. The van der Waals surface area contributed by atoms with Crippen molar-refractivity contribution in [3.8, 4) is 0 Å². The Balaban J connectivity index is 2.38. The summed E-state index contributed by atoms with van der Waals surface area (Å²) in [5.74, 6) is -0.505. The Morgan fingerprint density at radius 3 is 2.70 bits per heavy atom. The van der Waals surface area contributed by atoms with Crippen molar-refractivity contribution in [2.24, 2.45) is 5.92 Å². The van der Waals surface area contributed by atoms with Crippen LogP contribution in [0.1, 0.15) is 26.0 Å². The topological polar surface area (TPSA) is 62.2 Å². The minimum atomic E-state index is -0.822. The van der Waals surface area contributed by atoms with Crippen LogP contribution in [0.2, 0.25) is 0 Å². The monoisotopic (exact) mass is 272 g/mol. The first-order valence-corrected chi connectivity index (χ1v) is 6.83. The molecule has 0 bridgehead atoms. The number of benzene rings is 1. The Morgan fingerprint density at radius 1 is 1.35 bits per heavy atom. The van der Waals surface area contributed by atoms with Gasteiger partial charge in [0.15, 0.2) is 0 Å². The van der Waals surface area contributed by atoms with Crippen molar-refractivity contribution in [3.63, 3.8) is 0 Å². The molecule has 0 aliphatic rings. The molecule has 0 saturated heterocycles. The van der Waals surface area contributed by atoms with E-state index >= 15 is 0 Å². The lowest BCUT2D eigenvalue weighted by atomic mass is 10.0. The Labute approximate surface area is 118 Å². The number of carboxylic acids is 1. The minimum absolute atomic E-state index is 0.317. The van der Waals surface area contributed by atoms with Gasteiger partial charge < -0.3 is 10.4 Å². The molecule has 1 unspecified atom stereocenters. The molecule has 0 saturated carbocycles. The number of hydrogen-bond acceptors (Lipinski definition) is 3. The van der Waals surface area contributed by atoms with Gasteiger partial charge in [0.05, 0.1) is 5.52 Å². The normalized spacial score (nSPS) is 12.6. The highest BCUT2D eigenvalue weighted by atomic mass is 16.4. The molecule has 4 nitrogen and oxygen atoms in total. The van der Waals surface area contributed by atoms with Crippen molar-refractivity contribution < 1.29 is 9.90 Å². The van der Waals surface area contributed by atoms with Crippen LogP contribution in [0.3, 0.4) is 0 Å². The summed E-state index contributed by atoms with van der Waals surface area (Å²) in [6.07, 6.45) is 0.588. The molecule has 1 aromatic heterocycles. The number of carbonyl (C=O) groups is 1. The van der Waals surface area contributed by atoms with E-state index in [1.165, 1.54) is 0 Å². The van der Waals surface area contributed by atoms with Crippen molar-refractivity contribution in [1.82, 2.24) is 4.98 Å². The van der Waals surface area contributed by atoms with Crippen LogP contribution in [0.25, 0.3) is 10.9 Å². The molecule has 1 atom stereocenters. The first kappa shape index (κ1) is 14.3. The molecule has 0 aliphatic heterocycles. The molecule has 106 valence electrons. The van der Waals surface area contributed by atoms with E-state index in [9.17, 15) is 9.90 Å². The summed E-state index contributed by atoms with van der Waals surface area (Å²) >= 11 is 0.